The molecule has 0 spiro atoms. The maximum Gasteiger partial charge on any atom is 0.331 e. The molecule has 1 atom stereocenters. The van der Waals surface area contributed by atoms with Gasteiger partial charge >= 0.3 is 5.97 Å². The van der Waals surface area contributed by atoms with E-state index in [0.29, 0.717) is 23.2 Å². The summed E-state index contributed by atoms with van der Waals surface area (Å²) in [5, 5.41) is 4.60. The third-order valence-electron chi connectivity index (χ3n) is 4.28. The van der Waals surface area contributed by atoms with Crippen molar-refractivity contribution in [2.45, 2.75) is 26.0 Å². The molecule has 1 aliphatic rings. The topological polar surface area (TPSA) is 78.3 Å². The Balaban J connectivity index is 1.67. The molecule has 1 fully saturated rings. The number of carbonyl (C=O) groups excluding carboxylic acids is 1. The Labute approximate surface area is 161 Å². The highest BCUT2D eigenvalue weighted by molar-refractivity contribution is 7.91. The fraction of sp³-hybridized carbons (Fsp3) is 0.333. The lowest BCUT2D eigenvalue weighted by Crippen LogP contribution is -2.12. The summed E-state index contributed by atoms with van der Waals surface area (Å²) >= 11 is 6.34. The maximum atomic E-state index is 13.1. The fourth-order valence-electron chi connectivity index (χ4n) is 2.91. The highest BCUT2D eigenvalue weighted by atomic mass is 35.5. The number of carbonyl (C=O) groups is 1. The van der Waals surface area contributed by atoms with E-state index in [4.69, 9.17) is 16.3 Å². The van der Waals surface area contributed by atoms with Gasteiger partial charge in [-0.25, -0.2) is 22.3 Å². The molecule has 0 amide bonds. The summed E-state index contributed by atoms with van der Waals surface area (Å²) in [6.45, 7) is 1.68. The van der Waals surface area contributed by atoms with Gasteiger partial charge in [-0.15, -0.1) is 0 Å². The molecule has 0 unspecified atom stereocenters. The molecule has 0 bridgehead atoms. The summed E-state index contributed by atoms with van der Waals surface area (Å²) in [5.74, 6) is -0.884. The fourth-order valence-corrected chi connectivity index (χ4v) is 4.98. The average molecular weight is 413 g/mol. The Kier molecular flexibility index (Phi) is 5.67. The molecule has 0 radical (unpaired) electrons. The number of esters is 1. The van der Waals surface area contributed by atoms with E-state index in [1.54, 1.807) is 13.0 Å². The second kappa shape index (κ2) is 7.82. The molecular formula is C18H18ClFN2O4S. The zero-order chi connectivity index (χ0) is 19.6. The molecule has 1 aromatic heterocycles. The first kappa shape index (κ1) is 19.6. The van der Waals surface area contributed by atoms with Crippen molar-refractivity contribution >= 4 is 33.5 Å². The summed E-state index contributed by atoms with van der Waals surface area (Å²) in [5.41, 5.74) is 1.66. The third-order valence-corrected chi connectivity index (χ3v) is 6.41. The summed E-state index contributed by atoms with van der Waals surface area (Å²) in [4.78, 5) is 11.9. The van der Waals surface area contributed by atoms with Gasteiger partial charge in [0.25, 0.3) is 0 Å². The lowest BCUT2D eigenvalue weighted by molar-refractivity contribution is -0.138. The van der Waals surface area contributed by atoms with Crippen LogP contribution in [-0.4, -0.2) is 35.7 Å². The number of sulfone groups is 1. The minimum absolute atomic E-state index is 0.00662. The van der Waals surface area contributed by atoms with Crippen LogP contribution >= 0.6 is 11.6 Å². The number of benzene rings is 1. The van der Waals surface area contributed by atoms with Crippen molar-refractivity contribution in [3.63, 3.8) is 0 Å². The number of nitrogens with zero attached hydrogens (tertiary/aromatic N) is 2. The van der Waals surface area contributed by atoms with Gasteiger partial charge in [0.1, 0.15) is 17.6 Å². The smallest absolute Gasteiger partial charge is 0.331 e. The largest absolute Gasteiger partial charge is 0.458 e. The lowest BCUT2D eigenvalue weighted by atomic mass is 10.2. The molecule has 27 heavy (non-hydrogen) atoms. The Morgan fingerprint density at radius 2 is 2.26 bits per heavy atom. The number of halogens is 2. The predicted molar refractivity (Wildman–Crippen MR) is 99.5 cm³/mol. The molecule has 2 aromatic rings. The zero-order valence-electron chi connectivity index (χ0n) is 14.6. The van der Waals surface area contributed by atoms with Crippen LogP contribution < -0.4 is 0 Å². The monoisotopic (exact) mass is 412 g/mol. The van der Waals surface area contributed by atoms with Gasteiger partial charge in [0, 0.05) is 11.6 Å². The van der Waals surface area contributed by atoms with E-state index in [1.807, 2.05) is 0 Å². The van der Waals surface area contributed by atoms with E-state index in [1.165, 1.54) is 35.0 Å². The molecule has 1 saturated heterocycles. The number of ether oxygens (including phenoxy) is 1. The predicted octanol–water partition coefficient (Wildman–Crippen LogP) is 3.10. The van der Waals surface area contributed by atoms with Gasteiger partial charge in [-0.2, -0.15) is 5.10 Å². The molecule has 2 heterocycles. The van der Waals surface area contributed by atoms with E-state index in [0.717, 1.165) is 0 Å². The Morgan fingerprint density at radius 3 is 2.93 bits per heavy atom. The molecule has 6 nitrogen and oxygen atoms in total. The van der Waals surface area contributed by atoms with Crippen molar-refractivity contribution in [1.82, 2.24) is 9.78 Å². The minimum Gasteiger partial charge on any atom is -0.458 e. The number of aromatic nitrogens is 2. The van der Waals surface area contributed by atoms with Gasteiger partial charge < -0.3 is 4.74 Å². The van der Waals surface area contributed by atoms with Gasteiger partial charge in [-0.05, 0) is 37.1 Å². The van der Waals surface area contributed by atoms with Gasteiger partial charge in [-0.1, -0.05) is 23.7 Å². The maximum absolute atomic E-state index is 13.1. The molecule has 0 N–H and O–H groups in total. The summed E-state index contributed by atoms with van der Waals surface area (Å²) in [7, 11) is -3.06. The number of hydrogen-bond acceptors (Lipinski definition) is 5. The first-order chi connectivity index (χ1) is 12.7. The summed E-state index contributed by atoms with van der Waals surface area (Å²) in [6.07, 6.45) is 3.16. The molecule has 0 aliphatic carbocycles. The second-order valence-electron chi connectivity index (χ2n) is 6.36. The molecule has 9 heteroatoms. The van der Waals surface area contributed by atoms with Crippen molar-refractivity contribution in [3.8, 4) is 0 Å². The Morgan fingerprint density at radius 1 is 1.48 bits per heavy atom. The van der Waals surface area contributed by atoms with Crippen LogP contribution in [0.4, 0.5) is 4.39 Å². The average Bonchev–Trinajstić information content (AvgIpc) is 3.10. The van der Waals surface area contributed by atoms with Gasteiger partial charge in [0.2, 0.25) is 0 Å². The van der Waals surface area contributed by atoms with Crippen molar-refractivity contribution < 1.29 is 22.3 Å². The first-order valence-corrected chi connectivity index (χ1v) is 10.5. The van der Waals surface area contributed by atoms with Gasteiger partial charge in [0.15, 0.2) is 9.84 Å². The van der Waals surface area contributed by atoms with Crippen molar-refractivity contribution in [2.75, 3.05) is 11.5 Å². The molecule has 1 aromatic carbocycles. The summed E-state index contributed by atoms with van der Waals surface area (Å²) < 4.78 is 43.0. The highest BCUT2D eigenvalue weighted by Gasteiger charge is 2.31. The van der Waals surface area contributed by atoms with Crippen molar-refractivity contribution in [1.29, 1.82) is 0 Å². The molecule has 1 aliphatic heterocycles. The van der Waals surface area contributed by atoms with Crippen LogP contribution in [0.5, 0.6) is 0 Å². The lowest BCUT2D eigenvalue weighted by Gasteiger charge is -2.09. The van der Waals surface area contributed by atoms with Crippen LogP contribution in [0.15, 0.2) is 30.3 Å². The molecular weight excluding hydrogens is 395 g/mol. The first-order valence-electron chi connectivity index (χ1n) is 8.29. The van der Waals surface area contributed by atoms with E-state index in [2.05, 4.69) is 5.10 Å². The number of aryl methyl sites for hydroxylation is 1. The quantitative estimate of drug-likeness (QED) is 0.557. The zero-order valence-corrected chi connectivity index (χ0v) is 16.1. The van der Waals surface area contributed by atoms with Crippen LogP contribution in [0.1, 0.15) is 29.3 Å². The van der Waals surface area contributed by atoms with E-state index in [9.17, 15) is 17.6 Å². The Bertz CT molecular complexity index is 1000. The molecule has 0 saturated carbocycles. The normalized spacial score (nSPS) is 18.9. The van der Waals surface area contributed by atoms with Crippen LogP contribution in [0.2, 0.25) is 5.15 Å². The standard InChI is InChI=1S/C18H18ClFN2O4S/c1-12-16(18(19)22(21-12)15-7-8-27(24,25)11-15)5-6-17(23)26-10-13-3-2-4-14(20)9-13/h2-6,9,15H,7-8,10-11H2,1H3/b6-5+/t15-/m1/s1. The van der Waals surface area contributed by atoms with Crippen molar-refractivity contribution in [2.24, 2.45) is 0 Å². The van der Waals surface area contributed by atoms with Crippen LogP contribution in [-0.2, 0) is 26.0 Å². The second-order valence-corrected chi connectivity index (χ2v) is 8.95. The molecule has 3 rings (SSSR count). The van der Waals surface area contributed by atoms with E-state index < -0.39 is 21.6 Å². The summed E-state index contributed by atoms with van der Waals surface area (Å²) in [6, 6.07) is 5.49. The highest BCUT2D eigenvalue weighted by Crippen LogP contribution is 2.30. The SMILES string of the molecule is Cc1nn([C@@H]2CCS(=O)(=O)C2)c(Cl)c1/C=C/C(=O)OCc1cccc(F)c1. The van der Waals surface area contributed by atoms with Crippen LogP contribution in [0, 0.1) is 12.7 Å². The van der Waals surface area contributed by atoms with E-state index in [-0.39, 0.29) is 29.3 Å². The Hall–Kier alpha value is -2.19. The van der Waals surface area contributed by atoms with Gasteiger partial charge in [-0.3, -0.25) is 0 Å². The van der Waals surface area contributed by atoms with E-state index >= 15 is 0 Å². The van der Waals surface area contributed by atoms with Gasteiger partial charge in [0.05, 0.1) is 23.2 Å². The molecule has 144 valence electrons. The minimum atomic E-state index is -3.06. The van der Waals surface area contributed by atoms with Crippen LogP contribution in [0.25, 0.3) is 6.08 Å². The number of hydrogen-bond donors (Lipinski definition) is 0. The number of rotatable bonds is 5. The van der Waals surface area contributed by atoms with Crippen LogP contribution in [0.3, 0.4) is 0 Å². The van der Waals surface area contributed by atoms with Crippen molar-refractivity contribution in [3.05, 3.63) is 58.1 Å². The third kappa shape index (κ3) is 4.75.